The molecule has 6 aromatic heterocycles. The van der Waals surface area contributed by atoms with Crippen LogP contribution in [0.3, 0.4) is 0 Å². The maximum absolute atomic E-state index is 6.02. The molecule has 17 heteroatoms. The highest BCUT2D eigenvalue weighted by Gasteiger charge is 2.37. The molecule has 0 aromatic carbocycles. The first-order valence-electron chi connectivity index (χ1n) is 15.3. The number of nitrogens with zero attached hydrogens (tertiary/aromatic N) is 11. The minimum atomic E-state index is -0.475. The van der Waals surface area contributed by atoms with E-state index < -0.39 is 11.2 Å². The topological polar surface area (TPSA) is 160 Å². The number of hydrogen-bond acceptors (Lipinski definition) is 12. The maximum Gasteiger partial charge on any atom is 0.225 e. The molecular weight excluding hydrogens is 647 g/mol. The molecule has 3 aliphatic rings. The zero-order chi connectivity index (χ0) is 32.7. The predicted molar refractivity (Wildman–Crippen MR) is 175 cm³/mol. The molecule has 47 heavy (non-hydrogen) atoms. The van der Waals surface area contributed by atoms with Gasteiger partial charge in [0.1, 0.15) is 28.4 Å². The third kappa shape index (κ3) is 5.08. The lowest BCUT2D eigenvalue weighted by molar-refractivity contribution is -0.0532. The van der Waals surface area contributed by atoms with Crippen molar-refractivity contribution >= 4 is 62.5 Å². The lowest BCUT2D eigenvalue weighted by atomic mass is 10.1. The zero-order valence-corrected chi connectivity index (χ0v) is 28.0. The van der Waals surface area contributed by atoms with E-state index in [9.17, 15) is 0 Å². The third-order valence-electron chi connectivity index (χ3n) is 8.75. The van der Waals surface area contributed by atoms with Crippen molar-refractivity contribution in [3.05, 3.63) is 40.7 Å². The summed E-state index contributed by atoms with van der Waals surface area (Å²) in [5.41, 5.74) is 4.30. The first-order chi connectivity index (χ1) is 22.5. The highest BCUT2D eigenvalue weighted by atomic mass is 35.5. The van der Waals surface area contributed by atoms with E-state index in [4.69, 9.17) is 52.4 Å². The number of rotatable bonds is 3. The van der Waals surface area contributed by atoms with Gasteiger partial charge in [-0.15, -0.1) is 0 Å². The van der Waals surface area contributed by atoms with E-state index in [2.05, 4.69) is 39.4 Å². The average Bonchev–Trinajstić information content (AvgIpc) is 3.73. The number of anilines is 1. The Morgan fingerprint density at radius 1 is 0.851 bits per heavy atom. The van der Waals surface area contributed by atoms with E-state index >= 15 is 0 Å². The molecule has 15 nitrogen and oxygen atoms in total. The molecular formula is C30H32Cl2N12O3. The van der Waals surface area contributed by atoms with Crippen molar-refractivity contribution < 1.29 is 14.2 Å². The molecule has 1 N–H and O–H groups in total. The molecule has 0 amide bonds. The molecule has 0 atom stereocenters. The van der Waals surface area contributed by atoms with Crippen LogP contribution in [0.1, 0.15) is 39.3 Å². The normalized spacial score (nSPS) is 18.6. The second kappa shape index (κ2) is 11.0. The average molecular weight is 680 g/mol. The van der Waals surface area contributed by atoms with Gasteiger partial charge in [-0.3, -0.25) is 0 Å². The summed E-state index contributed by atoms with van der Waals surface area (Å²) < 4.78 is 21.3. The Morgan fingerprint density at radius 3 is 2.19 bits per heavy atom. The molecule has 1 saturated heterocycles. The number of pyridine rings is 1. The van der Waals surface area contributed by atoms with Crippen molar-refractivity contribution in [1.82, 2.24) is 54.0 Å². The van der Waals surface area contributed by atoms with Gasteiger partial charge in [-0.1, -0.05) is 11.6 Å². The summed E-state index contributed by atoms with van der Waals surface area (Å²) in [6.07, 6.45) is 3.61. The fourth-order valence-corrected chi connectivity index (χ4v) is 6.66. The number of halogens is 2. The summed E-state index contributed by atoms with van der Waals surface area (Å²) in [6.45, 7) is 12.2. The Kier molecular flexibility index (Phi) is 7.11. The number of ether oxygens (including phenoxy) is 3. The lowest BCUT2D eigenvalue weighted by Gasteiger charge is -2.39. The highest BCUT2D eigenvalue weighted by Crippen LogP contribution is 2.37. The minimum Gasteiger partial charge on any atom is -0.378 e. The van der Waals surface area contributed by atoms with E-state index in [1.165, 1.54) is 0 Å². The molecule has 0 spiro atoms. The summed E-state index contributed by atoms with van der Waals surface area (Å²) in [7, 11) is 1.74. The van der Waals surface area contributed by atoms with Gasteiger partial charge in [0, 0.05) is 45.0 Å². The van der Waals surface area contributed by atoms with E-state index in [0.29, 0.717) is 48.9 Å². The molecule has 0 saturated carbocycles. The first-order valence-corrected chi connectivity index (χ1v) is 16.0. The van der Waals surface area contributed by atoms with Crippen LogP contribution in [0.25, 0.3) is 44.9 Å². The van der Waals surface area contributed by atoms with Gasteiger partial charge in [-0.05, 0) is 45.4 Å². The second-order valence-corrected chi connectivity index (χ2v) is 13.3. The summed E-state index contributed by atoms with van der Waals surface area (Å²) in [5, 5.41) is 0.409. The molecule has 1 fully saturated rings. The van der Waals surface area contributed by atoms with Crippen molar-refractivity contribution in [3.8, 4) is 11.4 Å². The van der Waals surface area contributed by atoms with Gasteiger partial charge >= 0.3 is 0 Å². The van der Waals surface area contributed by atoms with Crippen molar-refractivity contribution in [3.63, 3.8) is 0 Å². The minimum absolute atomic E-state index is 0.134. The van der Waals surface area contributed by atoms with Gasteiger partial charge in [0.15, 0.2) is 39.3 Å². The van der Waals surface area contributed by atoms with Crippen molar-refractivity contribution in [2.45, 2.75) is 58.1 Å². The predicted octanol–water partition coefficient (Wildman–Crippen LogP) is 4.26. The van der Waals surface area contributed by atoms with Crippen LogP contribution in [0.4, 0.5) is 5.82 Å². The van der Waals surface area contributed by atoms with Crippen LogP contribution in [0.5, 0.6) is 0 Å². The van der Waals surface area contributed by atoms with Crippen LogP contribution in [0.2, 0.25) is 10.4 Å². The third-order valence-corrected chi connectivity index (χ3v) is 9.18. The molecule has 0 unspecified atom stereocenters. The molecule has 244 valence electrons. The molecule has 0 radical (unpaired) electrons. The first kappa shape index (κ1) is 30.3. The van der Waals surface area contributed by atoms with Gasteiger partial charge in [-0.2, -0.15) is 4.98 Å². The van der Waals surface area contributed by atoms with Crippen LogP contribution in [0, 0.1) is 0 Å². The fourth-order valence-electron chi connectivity index (χ4n) is 6.25. The van der Waals surface area contributed by atoms with Crippen molar-refractivity contribution in [2.75, 3.05) is 38.3 Å². The van der Waals surface area contributed by atoms with Crippen LogP contribution in [0.15, 0.2) is 18.6 Å². The molecule has 3 aliphatic heterocycles. The highest BCUT2D eigenvalue weighted by molar-refractivity contribution is 6.35. The number of imidazole rings is 3. The molecule has 0 aliphatic carbocycles. The van der Waals surface area contributed by atoms with Crippen LogP contribution < -0.4 is 4.90 Å². The largest absolute Gasteiger partial charge is 0.378 e. The van der Waals surface area contributed by atoms with Crippen molar-refractivity contribution in [1.29, 1.82) is 0 Å². The van der Waals surface area contributed by atoms with Gasteiger partial charge in [-0.25, -0.2) is 34.9 Å². The smallest absolute Gasteiger partial charge is 0.225 e. The number of nitrogens with one attached hydrogen (secondary N) is 1. The summed E-state index contributed by atoms with van der Waals surface area (Å²) in [6, 6.07) is 1.98. The number of aromatic nitrogens is 11. The van der Waals surface area contributed by atoms with E-state index in [0.717, 1.165) is 52.8 Å². The number of methoxy groups -OCH3 is 1. The van der Waals surface area contributed by atoms with Gasteiger partial charge in [0.05, 0.1) is 31.2 Å². The number of fused-ring (bicyclic) bond motifs is 7. The second-order valence-electron chi connectivity index (χ2n) is 12.7. The molecule has 9 rings (SSSR count). The SMILES string of the molecule is CC1(C)OCCn2c1nc1c(Cl)nc(Cl)nc12.COC1CN(c2nc(-c3cnc4nc[nH]c4c3)nc3c2nc2n3CCOC2(C)C)C1. The number of hydrogen-bond donors (Lipinski definition) is 1. The Balaban J connectivity index is 0.000000162. The Morgan fingerprint density at radius 2 is 1.51 bits per heavy atom. The van der Waals surface area contributed by atoms with E-state index in [1.54, 1.807) is 19.6 Å². The Bertz CT molecular complexity index is 2170. The van der Waals surface area contributed by atoms with E-state index in [1.807, 2.05) is 38.3 Å². The summed E-state index contributed by atoms with van der Waals surface area (Å²) >= 11 is 11.8. The standard InChI is InChI=1S/C20H22N8O2.C10H10Cl2N4O/c1-20(2)19-24-14-17(27-8-12(9-27)29-3)25-15(26-18(14)28(19)4-5-30-20)11-6-13-16(21-7-11)23-10-22-13;1-10(2)8-13-5-6(11)14-9(12)15-7(5)16(8)3-4-17-10/h6-7,10,12H,4-5,8-9H2,1-3H3,(H,21,22,23);3-4H2,1-2H3. The zero-order valence-electron chi connectivity index (χ0n) is 26.5. The number of aromatic amines is 1. The van der Waals surface area contributed by atoms with E-state index in [-0.39, 0.29) is 16.5 Å². The summed E-state index contributed by atoms with van der Waals surface area (Å²) in [4.78, 5) is 41.2. The summed E-state index contributed by atoms with van der Waals surface area (Å²) in [5.74, 6) is 3.12. The lowest BCUT2D eigenvalue weighted by Crippen LogP contribution is -2.52. The van der Waals surface area contributed by atoms with Crippen LogP contribution >= 0.6 is 23.2 Å². The fraction of sp³-hybridized carbons (Fsp3) is 0.467. The van der Waals surface area contributed by atoms with Gasteiger partial charge in [0.25, 0.3) is 0 Å². The maximum atomic E-state index is 6.02. The van der Waals surface area contributed by atoms with Gasteiger partial charge < -0.3 is 33.2 Å². The van der Waals surface area contributed by atoms with Crippen molar-refractivity contribution in [2.24, 2.45) is 0 Å². The Labute approximate surface area is 278 Å². The molecule has 9 heterocycles. The number of H-pyrrole nitrogens is 1. The van der Waals surface area contributed by atoms with Crippen LogP contribution in [-0.4, -0.2) is 93.5 Å². The molecule has 0 bridgehead atoms. The quantitative estimate of drug-likeness (QED) is 0.210. The van der Waals surface area contributed by atoms with Gasteiger partial charge in [0.2, 0.25) is 5.28 Å². The monoisotopic (exact) mass is 678 g/mol. The van der Waals surface area contributed by atoms with Crippen LogP contribution in [-0.2, 0) is 38.5 Å². The molecule has 6 aromatic rings. The Hall–Kier alpha value is -4.02.